The number of rotatable bonds is 5. The first-order valence-electron chi connectivity index (χ1n) is 8.04. The summed E-state index contributed by atoms with van der Waals surface area (Å²) in [5, 5.41) is 12.2. The lowest BCUT2D eigenvalue weighted by Gasteiger charge is -2.21. The van der Waals surface area contributed by atoms with Gasteiger partial charge < -0.3 is 10.2 Å². The molecule has 1 aliphatic heterocycles. The maximum Gasteiger partial charge on any atom is 0.243 e. The number of hydrogen-bond donors (Lipinski definition) is 1. The lowest BCUT2D eigenvalue weighted by molar-refractivity contribution is -0.121. The van der Waals surface area contributed by atoms with Gasteiger partial charge >= 0.3 is 0 Å². The number of benzene rings is 1. The molecule has 6 nitrogen and oxygen atoms in total. The van der Waals surface area contributed by atoms with Gasteiger partial charge in [0.25, 0.3) is 0 Å². The highest BCUT2D eigenvalue weighted by Crippen LogP contribution is 2.29. The molecule has 0 aliphatic carbocycles. The highest BCUT2D eigenvalue weighted by Gasteiger charge is 2.29. The van der Waals surface area contributed by atoms with E-state index in [4.69, 9.17) is 4.98 Å². The van der Waals surface area contributed by atoms with Crippen LogP contribution in [0.1, 0.15) is 24.5 Å². The molecule has 122 valence electrons. The van der Waals surface area contributed by atoms with Gasteiger partial charge in [0.1, 0.15) is 5.69 Å². The molecule has 1 amide bonds. The number of aromatic nitrogens is 2. The predicted octanol–water partition coefficient (Wildman–Crippen LogP) is 2.14. The number of carbonyl (C=O) groups excluding carboxylic acids is 1. The van der Waals surface area contributed by atoms with Crippen LogP contribution in [0.5, 0.6) is 0 Å². The highest BCUT2D eigenvalue weighted by molar-refractivity contribution is 5.89. The Labute approximate surface area is 140 Å². The average Bonchev–Trinajstić information content (AvgIpc) is 3.14. The van der Waals surface area contributed by atoms with Gasteiger partial charge in [0.15, 0.2) is 11.7 Å². The molecular weight excluding hydrogens is 302 g/mol. The van der Waals surface area contributed by atoms with E-state index < -0.39 is 5.92 Å². The molecule has 0 unspecified atom stereocenters. The van der Waals surface area contributed by atoms with Crippen molar-refractivity contribution in [3.05, 3.63) is 42.6 Å². The monoisotopic (exact) mass is 321 g/mol. The molecular formula is C18H19N5O. The van der Waals surface area contributed by atoms with Crippen molar-refractivity contribution in [1.29, 1.82) is 5.26 Å². The van der Waals surface area contributed by atoms with Crippen molar-refractivity contribution in [1.82, 2.24) is 15.3 Å². The van der Waals surface area contributed by atoms with Gasteiger partial charge in [-0.1, -0.05) is 18.2 Å². The van der Waals surface area contributed by atoms with Gasteiger partial charge in [-0.2, -0.15) is 5.26 Å². The molecule has 3 rings (SSSR count). The van der Waals surface area contributed by atoms with Crippen LogP contribution in [0, 0.1) is 11.3 Å². The molecule has 6 heteroatoms. The highest BCUT2D eigenvalue weighted by atomic mass is 16.1. The van der Waals surface area contributed by atoms with Gasteiger partial charge in [0.2, 0.25) is 5.91 Å². The van der Waals surface area contributed by atoms with Crippen molar-refractivity contribution in [3.63, 3.8) is 0 Å². The zero-order valence-electron chi connectivity index (χ0n) is 13.4. The summed E-state index contributed by atoms with van der Waals surface area (Å²) in [7, 11) is 0. The Morgan fingerprint density at radius 3 is 2.62 bits per heavy atom. The molecule has 0 saturated carbocycles. The van der Waals surface area contributed by atoms with Crippen molar-refractivity contribution in [2.45, 2.75) is 18.8 Å². The summed E-state index contributed by atoms with van der Waals surface area (Å²) in [6.45, 7) is 5.63. The quantitative estimate of drug-likeness (QED) is 0.853. The Morgan fingerprint density at radius 1 is 1.33 bits per heavy atom. The first-order chi connectivity index (χ1) is 11.7. The van der Waals surface area contributed by atoms with Crippen molar-refractivity contribution < 1.29 is 4.79 Å². The van der Waals surface area contributed by atoms with Crippen LogP contribution >= 0.6 is 0 Å². The Bertz CT molecular complexity index is 805. The Kier molecular flexibility index (Phi) is 4.71. The molecule has 0 bridgehead atoms. The minimum atomic E-state index is -0.988. The van der Waals surface area contributed by atoms with Crippen LogP contribution in [-0.2, 0) is 4.79 Å². The molecule has 1 saturated heterocycles. The molecule has 2 aromatic rings. The third-order valence-electron chi connectivity index (χ3n) is 4.07. The molecule has 1 atom stereocenters. The minimum absolute atomic E-state index is 0.317. The first kappa shape index (κ1) is 15.9. The largest absolute Gasteiger partial charge is 0.355 e. The van der Waals surface area contributed by atoms with Crippen LogP contribution in [0.25, 0.3) is 11.0 Å². The maximum atomic E-state index is 12.4. The maximum absolute atomic E-state index is 12.4. The van der Waals surface area contributed by atoms with E-state index in [-0.39, 0.29) is 5.91 Å². The van der Waals surface area contributed by atoms with Crippen molar-refractivity contribution in [2.75, 3.05) is 24.5 Å². The number of nitriles is 1. The average molecular weight is 321 g/mol. The Morgan fingerprint density at radius 2 is 2.00 bits per heavy atom. The van der Waals surface area contributed by atoms with Crippen LogP contribution in [0.3, 0.4) is 0 Å². The lowest BCUT2D eigenvalue weighted by Crippen LogP contribution is -2.31. The first-order valence-corrected chi connectivity index (χ1v) is 8.04. The molecule has 2 heterocycles. The van der Waals surface area contributed by atoms with Gasteiger partial charge in [-0.3, -0.25) is 4.79 Å². The topological polar surface area (TPSA) is 81.9 Å². The zero-order chi connectivity index (χ0) is 16.9. The second kappa shape index (κ2) is 7.09. The molecule has 0 radical (unpaired) electrons. The van der Waals surface area contributed by atoms with Gasteiger partial charge in [0, 0.05) is 19.6 Å². The van der Waals surface area contributed by atoms with E-state index in [2.05, 4.69) is 27.8 Å². The van der Waals surface area contributed by atoms with Crippen LogP contribution in [-0.4, -0.2) is 35.5 Å². The normalized spacial score (nSPS) is 15.0. The number of hydrogen-bond acceptors (Lipinski definition) is 5. The van der Waals surface area contributed by atoms with Crippen LogP contribution in [0.4, 0.5) is 5.82 Å². The van der Waals surface area contributed by atoms with E-state index in [1.54, 1.807) is 6.08 Å². The minimum Gasteiger partial charge on any atom is -0.355 e. The van der Waals surface area contributed by atoms with Crippen LogP contribution in [0.2, 0.25) is 0 Å². The number of nitrogens with zero attached hydrogens (tertiary/aromatic N) is 4. The third-order valence-corrected chi connectivity index (χ3v) is 4.07. The van der Waals surface area contributed by atoms with Crippen LogP contribution in [0.15, 0.2) is 36.9 Å². The SMILES string of the molecule is C=CCNC(=O)[C@@H](C#N)c1nc2ccccc2nc1N1CCCC1. The zero-order valence-corrected chi connectivity index (χ0v) is 13.4. The third kappa shape index (κ3) is 3.06. The van der Waals surface area contributed by atoms with Crippen molar-refractivity contribution >= 4 is 22.8 Å². The molecule has 1 aromatic heterocycles. The Hall–Kier alpha value is -2.94. The van der Waals surface area contributed by atoms with Crippen LogP contribution < -0.4 is 10.2 Å². The molecule has 1 aliphatic rings. The van der Waals surface area contributed by atoms with E-state index >= 15 is 0 Å². The van der Waals surface area contributed by atoms with Gasteiger partial charge in [-0.25, -0.2) is 9.97 Å². The van der Waals surface area contributed by atoms with E-state index in [1.165, 1.54) is 0 Å². The number of nitrogens with one attached hydrogen (secondary N) is 1. The number of amides is 1. The van der Waals surface area contributed by atoms with E-state index in [0.717, 1.165) is 31.4 Å². The molecule has 1 aromatic carbocycles. The van der Waals surface area contributed by atoms with E-state index in [1.807, 2.05) is 24.3 Å². The van der Waals surface area contributed by atoms with E-state index in [0.29, 0.717) is 23.6 Å². The molecule has 1 fully saturated rings. The summed E-state index contributed by atoms with van der Waals surface area (Å²) in [6, 6.07) is 9.59. The fourth-order valence-corrected chi connectivity index (χ4v) is 2.88. The second-order valence-electron chi connectivity index (χ2n) is 5.71. The summed E-state index contributed by atoms with van der Waals surface area (Å²) in [6.07, 6.45) is 3.74. The van der Waals surface area contributed by atoms with Crippen molar-refractivity contribution in [3.8, 4) is 6.07 Å². The van der Waals surface area contributed by atoms with Crippen molar-refractivity contribution in [2.24, 2.45) is 0 Å². The standard InChI is InChI=1S/C18H19N5O/c1-2-9-20-18(24)13(12-19)16-17(23-10-5-6-11-23)22-15-8-4-3-7-14(15)21-16/h2-4,7-8,13H,1,5-6,9-11H2,(H,20,24)/t13-/m0/s1. The smallest absolute Gasteiger partial charge is 0.243 e. The molecule has 1 N–H and O–H groups in total. The van der Waals surface area contributed by atoms with Gasteiger partial charge in [0.05, 0.1) is 17.1 Å². The molecule has 24 heavy (non-hydrogen) atoms. The second-order valence-corrected chi connectivity index (χ2v) is 5.71. The number of para-hydroxylation sites is 2. The summed E-state index contributed by atoms with van der Waals surface area (Å²) in [5.41, 5.74) is 1.89. The fraction of sp³-hybridized carbons (Fsp3) is 0.333. The molecule has 0 spiro atoms. The summed E-state index contributed by atoms with van der Waals surface area (Å²) < 4.78 is 0. The summed E-state index contributed by atoms with van der Waals surface area (Å²) in [4.78, 5) is 23.8. The number of anilines is 1. The summed E-state index contributed by atoms with van der Waals surface area (Å²) in [5.74, 6) is -0.716. The Balaban J connectivity index is 2.09. The van der Waals surface area contributed by atoms with Gasteiger partial charge in [-0.15, -0.1) is 6.58 Å². The predicted molar refractivity (Wildman–Crippen MR) is 92.5 cm³/mol. The summed E-state index contributed by atoms with van der Waals surface area (Å²) >= 11 is 0. The lowest BCUT2D eigenvalue weighted by atomic mass is 10.0. The number of fused-ring (bicyclic) bond motifs is 1. The number of carbonyl (C=O) groups is 1. The fourth-order valence-electron chi connectivity index (χ4n) is 2.88. The van der Waals surface area contributed by atoms with E-state index in [9.17, 15) is 10.1 Å². The van der Waals surface area contributed by atoms with Gasteiger partial charge in [-0.05, 0) is 25.0 Å².